The van der Waals surface area contributed by atoms with Crippen LogP contribution in [-0.2, 0) is 6.54 Å². The number of benzene rings is 1. The zero-order chi connectivity index (χ0) is 14.8. The van der Waals surface area contributed by atoms with E-state index in [0.29, 0.717) is 12.1 Å². The highest BCUT2D eigenvalue weighted by Crippen LogP contribution is 2.29. The monoisotopic (exact) mass is 287 g/mol. The molecule has 2 aromatic rings. The Morgan fingerprint density at radius 3 is 3.00 bits per heavy atom. The molecule has 1 saturated heterocycles. The van der Waals surface area contributed by atoms with E-state index in [0.717, 1.165) is 30.0 Å². The summed E-state index contributed by atoms with van der Waals surface area (Å²) in [6.45, 7) is 4.98. The maximum absolute atomic E-state index is 11.4. The number of carboxylic acid groups (broad SMARTS) is 1. The van der Waals surface area contributed by atoms with E-state index in [1.54, 1.807) is 0 Å². The summed E-state index contributed by atoms with van der Waals surface area (Å²) in [5, 5.41) is 10.3. The zero-order valence-corrected chi connectivity index (χ0v) is 12.3. The van der Waals surface area contributed by atoms with Crippen LogP contribution in [-0.4, -0.2) is 29.1 Å². The lowest BCUT2D eigenvalue weighted by Gasteiger charge is -2.32. The smallest absolute Gasteiger partial charge is 0.372 e. The Balaban J connectivity index is 1.91. The third-order valence-electron chi connectivity index (χ3n) is 4.45. The maximum Gasteiger partial charge on any atom is 0.372 e. The first-order valence-corrected chi connectivity index (χ1v) is 7.65. The van der Waals surface area contributed by atoms with Crippen LogP contribution in [0.5, 0.6) is 0 Å². The van der Waals surface area contributed by atoms with Crippen LogP contribution < -0.4 is 0 Å². The third-order valence-corrected chi connectivity index (χ3v) is 4.45. The summed E-state index contributed by atoms with van der Waals surface area (Å²) in [5.74, 6) is -0.162. The highest BCUT2D eigenvalue weighted by Gasteiger charge is 2.24. The number of piperidine rings is 1. The van der Waals surface area contributed by atoms with Crippen molar-refractivity contribution in [3.05, 3.63) is 35.6 Å². The summed E-state index contributed by atoms with van der Waals surface area (Å²) in [5.41, 5.74) is 1.48. The number of hydrogen-bond acceptors (Lipinski definition) is 3. The van der Waals surface area contributed by atoms with Crippen LogP contribution in [0.3, 0.4) is 0 Å². The summed E-state index contributed by atoms with van der Waals surface area (Å²) in [4.78, 5) is 13.8. The molecule has 1 fully saturated rings. The van der Waals surface area contributed by atoms with Gasteiger partial charge in [-0.25, -0.2) is 4.79 Å². The molecule has 1 aromatic heterocycles. The number of carboxylic acids is 1. The molecule has 0 bridgehead atoms. The number of carbonyl (C=O) groups is 1. The van der Waals surface area contributed by atoms with Gasteiger partial charge < -0.3 is 9.52 Å². The Labute approximate surface area is 124 Å². The van der Waals surface area contributed by atoms with E-state index in [1.165, 1.54) is 19.3 Å². The normalized spacial score (nSPS) is 20.0. The molecule has 1 aromatic carbocycles. The van der Waals surface area contributed by atoms with Crippen molar-refractivity contribution >= 4 is 16.9 Å². The van der Waals surface area contributed by atoms with Gasteiger partial charge >= 0.3 is 5.97 Å². The molecule has 2 heterocycles. The Morgan fingerprint density at radius 1 is 1.43 bits per heavy atom. The van der Waals surface area contributed by atoms with Crippen LogP contribution in [0.4, 0.5) is 0 Å². The van der Waals surface area contributed by atoms with Gasteiger partial charge in [0.15, 0.2) is 0 Å². The van der Waals surface area contributed by atoms with Crippen LogP contribution in [0.25, 0.3) is 11.0 Å². The average Bonchev–Trinajstić information content (AvgIpc) is 2.87. The van der Waals surface area contributed by atoms with E-state index in [4.69, 9.17) is 4.42 Å². The molecule has 1 aliphatic rings. The minimum absolute atomic E-state index is 0.0924. The molecule has 4 heteroatoms. The molecule has 112 valence electrons. The van der Waals surface area contributed by atoms with Gasteiger partial charge in [0.1, 0.15) is 5.58 Å². The van der Waals surface area contributed by atoms with Crippen LogP contribution in [0, 0.1) is 5.92 Å². The Kier molecular flexibility index (Phi) is 3.97. The second-order valence-electron chi connectivity index (χ2n) is 5.86. The number of para-hydroxylation sites is 1. The van der Waals surface area contributed by atoms with Crippen molar-refractivity contribution in [1.29, 1.82) is 0 Å². The molecule has 1 unspecified atom stereocenters. The van der Waals surface area contributed by atoms with Crippen molar-refractivity contribution in [2.24, 2.45) is 5.92 Å². The SMILES string of the molecule is CCC1CCCN(Cc2c(C(=O)O)oc3ccccc23)C1. The van der Waals surface area contributed by atoms with Crippen molar-refractivity contribution in [3.63, 3.8) is 0 Å². The highest BCUT2D eigenvalue weighted by molar-refractivity contribution is 5.95. The molecule has 1 N–H and O–H groups in total. The summed E-state index contributed by atoms with van der Waals surface area (Å²) < 4.78 is 5.53. The van der Waals surface area contributed by atoms with Gasteiger partial charge in [-0.05, 0) is 31.4 Å². The van der Waals surface area contributed by atoms with E-state index in [-0.39, 0.29) is 5.76 Å². The fourth-order valence-corrected chi connectivity index (χ4v) is 3.28. The molecule has 0 spiro atoms. The summed E-state index contributed by atoms with van der Waals surface area (Å²) in [6, 6.07) is 7.57. The summed E-state index contributed by atoms with van der Waals surface area (Å²) in [6.07, 6.45) is 3.66. The zero-order valence-electron chi connectivity index (χ0n) is 12.3. The lowest BCUT2D eigenvalue weighted by Crippen LogP contribution is -2.34. The van der Waals surface area contributed by atoms with Crippen LogP contribution >= 0.6 is 0 Å². The van der Waals surface area contributed by atoms with E-state index < -0.39 is 5.97 Å². The van der Waals surface area contributed by atoms with Gasteiger partial charge in [0, 0.05) is 24.0 Å². The number of likely N-dealkylation sites (tertiary alicyclic amines) is 1. The first-order valence-electron chi connectivity index (χ1n) is 7.65. The van der Waals surface area contributed by atoms with Gasteiger partial charge in [-0.2, -0.15) is 0 Å². The number of rotatable bonds is 4. The lowest BCUT2D eigenvalue weighted by atomic mass is 9.95. The molecule has 21 heavy (non-hydrogen) atoms. The van der Waals surface area contributed by atoms with E-state index in [1.807, 2.05) is 24.3 Å². The number of aromatic carboxylic acids is 1. The van der Waals surface area contributed by atoms with Gasteiger partial charge in [-0.3, -0.25) is 4.90 Å². The molecule has 3 rings (SSSR count). The fourth-order valence-electron chi connectivity index (χ4n) is 3.28. The van der Waals surface area contributed by atoms with Crippen molar-refractivity contribution in [2.45, 2.75) is 32.7 Å². The quantitative estimate of drug-likeness (QED) is 0.930. The minimum atomic E-state index is -0.981. The maximum atomic E-state index is 11.4. The first kappa shape index (κ1) is 14.1. The predicted octanol–water partition coefficient (Wildman–Crippen LogP) is 3.75. The standard InChI is InChI=1S/C17H21NO3/c1-2-12-6-5-9-18(10-12)11-14-13-7-3-4-8-15(13)21-16(14)17(19)20/h3-4,7-8,12H,2,5-6,9-11H2,1H3,(H,19,20). The van der Waals surface area contributed by atoms with Gasteiger partial charge in [0.05, 0.1) is 0 Å². The topological polar surface area (TPSA) is 53.7 Å². The lowest BCUT2D eigenvalue weighted by molar-refractivity contribution is 0.0660. The van der Waals surface area contributed by atoms with Crippen LogP contribution in [0.1, 0.15) is 42.3 Å². The van der Waals surface area contributed by atoms with Gasteiger partial charge in [-0.1, -0.05) is 31.5 Å². The van der Waals surface area contributed by atoms with Crippen molar-refractivity contribution in [1.82, 2.24) is 4.90 Å². The van der Waals surface area contributed by atoms with Crippen molar-refractivity contribution in [3.8, 4) is 0 Å². The number of furan rings is 1. The molecule has 0 aliphatic carbocycles. The molecule has 1 aliphatic heterocycles. The summed E-state index contributed by atoms with van der Waals surface area (Å²) in [7, 11) is 0. The fraction of sp³-hybridized carbons (Fsp3) is 0.471. The van der Waals surface area contributed by atoms with Crippen molar-refractivity contribution in [2.75, 3.05) is 13.1 Å². The number of nitrogens with zero attached hydrogens (tertiary/aromatic N) is 1. The predicted molar refractivity (Wildman–Crippen MR) is 81.5 cm³/mol. The molecular weight excluding hydrogens is 266 g/mol. The Hall–Kier alpha value is -1.81. The molecule has 0 amide bonds. The largest absolute Gasteiger partial charge is 0.475 e. The number of hydrogen-bond donors (Lipinski definition) is 1. The molecule has 1 atom stereocenters. The number of fused-ring (bicyclic) bond motifs is 1. The van der Waals surface area contributed by atoms with Crippen LogP contribution in [0.15, 0.2) is 28.7 Å². The minimum Gasteiger partial charge on any atom is -0.475 e. The molecular formula is C17H21NO3. The van der Waals surface area contributed by atoms with E-state index in [2.05, 4.69) is 11.8 Å². The average molecular weight is 287 g/mol. The Bertz CT molecular complexity index is 647. The van der Waals surface area contributed by atoms with Gasteiger partial charge in [0.2, 0.25) is 5.76 Å². The van der Waals surface area contributed by atoms with E-state index >= 15 is 0 Å². The first-order chi connectivity index (χ1) is 10.2. The molecule has 0 saturated carbocycles. The Morgan fingerprint density at radius 2 is 2.24 bits per heavy atom. The molecule has 0 radical (unpaired) electrons. The second-order valence-corrected chi connectivity index (χ2v) is 5.86. The van der Waals surface area contributed by atoms with Gasteiger partial charge in [-0.15, -0.1) is 0 Å². The summed E-state index contributed by atoms with van der Waals surface area (Å²) >= 11 is 0. The van der Waals surface area contributed by atoms with Gasteiger partial charge in [0.25, 0.3) is 0 Å². The third kappa shape index (κ3) is 2.81. The highest BCUT2D eigenvalue weighted by atomic mass is 16.4. The molecule has 4 nitrogen and oxygen atoms in total. The van der Waals surface area contributed by atoms with Crippen molar-refractivity contribution < 1.29 is 14.3 Å². The second kappa shape index (κ2) is 5.90. The van der Waals surface area contributed by atoms with Crippen LogP contribution in [0.2, 0.25) is 0 Å². The van der Waals surface area contributed by atoms with E-state index in [9.17, 15) is 9.90 Å².